The van der Waals surface area contributed by atoms with Gasteiger partial charge in [0.2, 0.25) is 0 Å². The normalized spacial score (nSPS) is 13.6. The van der Waals surface area contributed by atoms with Crippen LogP contribution in [0.25, 0.3) is 22.2 Å². The van der Waals surface area contributed by atoms with E-state index in [9.17, 15) is 10.0 Å². The minimum atomic E-state index is -3.16. The number of aromatic nitrogens is 2. The molecule has 5 aromatic rings. The topological polar surface area (TPSA) is 106 Å². The zero-order valence-corrected chi connectivity index (χ0v) is 30.4. The minimum Gasteiger partial charge on any atom is -0.424 e. The number of nitrogens with two attached hydrogens (primary N) is 1. The van der Waals surface area contributed by atoms with Crippen molar-refractivity contribution in [3.05, 3.63) is 114 Å². The molecule has 0 aliphatic carbocycles. The SMILES string of the molecule is CCn1c(-c2cccnc2[C@H](C)OC)c(CC(C)(C)CCC(C)(C)[Si](O)(c2ccccc2)c2ccccc2)c2cc(/C(N)=N/O)ccc21. The molecule has 0 aliphatic heterocycles. The van der Waals surface area contributed by atoms with Gasteiger partial charge in [-0.25, -0.2) is 0 Å². The number of benzene rings is 3. The second-order valence-electron chi connectivity index (χ2n) is 14.3. The summed E-state index contributed by atoms with van der Waals surface area (Å²) >= 11 is 0. The van der Waals surface area contributed by atoms with Crippen LogP contribution in [0.2, 0.25) is 5.04 Å². The smallest absolute Gasteiger partial charge is 0.258 e. The number of ether oxygens (including phenoxy) is 1. The molecule has 5 rings (SSSR count). The van der Waals surface area contributed by atoms with E-state index in [1.807, 2.05) is 67.7 Å². The average molecular weight is 663 g/mol. The molecule has 2 heterocycles. The summed E-state index contributed by atoms with van der Waals surface area (Å²) in [5, 5.41) is 15.6. The number of nitrogens with zero attached hydrogens (tertiary/aromatic N) is 3. The molecule has 8 heteroatoms. The monoisotopic (exact) mass is 662 g/mol. The summed E-state index contributed by atoms with van der Waals surface area (Å²) < 4.78 is 8.13. The van der Waals surface area contributed by atoms with Crippen molar-refractivity contribution in [1.29, 1.82) is 0 Å². The van der Waals surface area contributed by atoms with Crippen molar-refractivity contribution < 1.29 is 14.7 Å². The van der Waals surface area contributed by atoms with Crippen LogP contribution in [-0.4, -0.2) is 40.8 Å². The Kier molecular flexibility index (Phi) is 10.3. The molecule has 0 saturated heterocycles. The molecule has 4 N–H and O–H groups in total. The van der Waals surface area contributed by atoms with Crippen LogP contribution in [0, 0.1) is 5.41 Å². The van der Waals surface area contributed by atoms with E-state index in [4.69, 9.17) is 15.5 Å². The van der Waals surface area contributed by atoms with E-state index < -0.39 is 8.32 Å². The van der Waals surface area contributed by atoms with Gasteiger partial charge in [-0.3, -0.25) is 4.98 Å². The van der Waals surface area contributed by atoms with E-state index in [0.29, 0.717) is 5.56 Å². The fraction of sp³-hybridized carbons (Fsp3) is 0.350. The number of rotatable bonds is 13. The molecule has 1 atom stereocenters. The molecule has 48 heavy (non-hydrogen) atoms. The van der Waals surface area contributed by atoms with Gasteiger partial charge >= 0.3 is 0 Å². The third kappa shape index (κ3) is 6.57. The Morgan fingerprint density at radius 1 is 0.938 bits per heavy atom. The maximum Gasteiger partial charge on any atom is 0.258 e. The van der Waals surface area contributed by atoms with Crippen LogP contribution in [0.3, 0.4) is 0 Å². The van der Waals surface area contributed by atoms with Crippen LogP contribution < -0.4 is 16.1 Å². The standard InChI is InChI=1S/C40H50N4O3Si/c1-8-44-35-22-21-29(38(41)43-45)26-33(35)34(37(44)32-20-15-25-42-36(32)28(2)47-7)27-39(3,4)23-24-40(5,6)48(46,30-16-11-9-12-17-30)31-18-13-10-14-19-31/h9-22,25-26,28,45-46H,8,23-24,27H2,1-7H3,(H2,41,43)/t28-/m0/s1. The largest absolute Gasteiger partial charge is 0.424 e. The van der Waals surface area contributed by atoms with Crippen molar-refractivity contribution in [3.8, 4) is 11.3 Å². The van der Waals surface area contributed by atoms with E-state index in [-0.39, 0.29) is 22.4 Å². The van der Waals surface area contributed by atoms with Gasteiger partial charge in [0, 0.05) is 41.9 Å². The first kappa shape index (κ1) is 35.1. The van der Waals surface area contributed by atoms with Gasteiger partial charge in [0.05, 0.1) is 17.5 Å². The highest BCUT2D eigenvalue weighted by Crippen LogP contribution is 2.46. The zero-order valence-electron chi connectivity index (χ0n) is 29.4. The molecule has 252 valence electrons. The lowest BCUT2D eigenvalue weighted by Gasteiger charge is -2.43. The molecule has 0 unspecified atom stereocenters. The van der Waals surface area contributed by atoms with E-state index >= 15 is 0 Å². The van der Waals surface area contributed by atoms with Gasteiger partial charge in [-0.1, -0.05) is 93.5 Å². The Bertz CT molecular complexity index is 1840. The highest BCUT2D eigenvalue weighted by Gasteiger charge is 2.50. The van der Waals surface area contributed by atoms with Crippen molar-refractivity contribution in [2.24, 2.45) is 16.3 Å². The second-order valence-corrected chi connectivity index (χ2v) is 18.2. The lowest BCUT2D eigenvalue weighted by atomic mass is 9.78. The van der Waals surface area contributed by atoms with Gasteiger partial charge in [0.1, 0.15) is 0 Å². The Balaban J connectivity index is 1.61. The van der Waals surface area contributed by atoms with Crippen LogP contribution in [0.5, 0.6) is 0 Å². The molecule has 3 aromatic carbocycles. The van der Waals surface area contributed by atoms with E-state index in [1.54, 1.807) is 7.11 Å². The first-order valence-corrected chi connectivity index (χ1v) is 18.8. The predicted octanol–water partition coefficient (Wildman–Crippen LogP) is 7.41. The summed E-state index contributed by atoms with van der Waals surface area (Å²) in [7, 11) is -1.44. The lowest BCUT2D eigenvalue weighted by Crippen LogP contribution is -2.65. The Labute approximate surface area is 286 Å². The molecule has 0 bridgehead atoms. The van der Waals surface area contributed by atoms with Crippen molar-refractivity contribution in [2.75, 3.05) is 7.11 Å². The minimum absolute atomic E-state index is 0.0794. The molecular weight excluding hydrogens is 613 g/mol. The van der Waals surface area contributed by atoms with E-state index in [2.05, 4.69) is 80.7 Å². The average Bonchev–Trinajstić information content (AvgIpc) is 3.41. The molecule has 2 aromatic heterocycles. The highest BCUT2D eigenvalue weighted by molar-refractivity contribution is 6.98. The van der Waals surface area contributed by atoms with Gasteiger partial charge in [-0.2, -0.15) is 0 Å². The van der Waals surface area contributed by atoms with Crippen LogP contribution in [-0.2, 0) is 17.7 Å². The summed E-state index contributed by atoms with van der Waals surface area (Å²) in [5.41, 5.74) is 11.9. The third-order valence-corrected chi connectivity index (χ3v) is 14.7. The maximum atomic E-state index is 12.8. The lowest BCUT2D eigenvalue weighted by molar-refractivity contribution is 0.116. The summed E-state index contributed by atoms with van der Waals surface area (Å²) in [6.45, 7) is 14.1. The van der Waals surface area contributed by atoms with Crippen molar-refractivity contribution in [1.82, 2.24) is 9.55 Å². The van der Waals surface area contributed by atoms with Crippen LogP contribution in [0.15, 0.2) is 102 Å². The summed E-state index contributed by atoms with van der Waals surface area (Å²) in [4.78, 5) is 17.6. The number of aryl methyl sites for hydroxylation is 1. The number of oxime groups is 1. The third-order valence-electron chi connectivity index (χ3n) is 10.2. The molecule has 7 nitrogen and oxygen atoms in total. The number of hydrogen-bond acceptors (Lipinski definition) is 5. The fourth-order valence-corrected chi connectivity index (χ4v) is 10.9. The number of methoxy groups -OCH3 is 1. The fourth-order valence-electron chi connectivity index (χ4n) is 7.22. The van der Waals surface area contributed by atoms with Gasteiger partial charge < -0.3 is 25.0 Å². The van der Waals surface area contributed by atoms with Gasteiger partial charge in [-0.05, 0) is 89.8 Å². The molecule has 0 amide bonds. The van der Waals surface area contributed by atoms with Crippen LogP contribution in [0.1, 0.15) is 77.3 Å². The molecule has 0 radical (unpaired) electrons. The Morgan fingerprint density at radius 3 is 2.12 bits per heavy atom. The maximum absolute atomic E-state index is 12.8. The summed E-state index contributed by atoms with van der Waals surface area (Å²) in [6.07, 6.45) is 4.12. The summed E-state index contributed by atoms with van der Waals surface area (Å²) in [6, 6.07) is 30.6. The van der Waals surface area contributed by atoms with E-state index in [1.165, 1.54) is 5.56 Å². The molecule has 0 spiro atoms. The van der Waals surface area contributed by atoms with Crippen molar-refractivity contribution >= 4 is 35.4 Å². The number of fused-ring (bicyclic) bond motifs is 1. The Hall–Kier alpha value is -4.24. The molecule has 0 fully saturated rings. The van der Waals surface area contributed by atoms with Gasteiger partial charge in [0.15, 0.2) is 5.84 Å². The predicted molar refractivity (Wildman–Crippen MR) is 200 cm³/mol. The quantitative estimate of drug-likeness (QED) is 0.0401. The van der Waals surface area contributed by atoms with Gasteiger partial charge in [0.25, 0.3) is 8.32 Å². The molecular formula is C40H50N4O3Si. The zero-order chi connectivity index (χ0) is 34.7. The van der Waals surface area contributed by atoms with Gasteiger partial charge in [-0.15, -0.1) is 0 Å². The first-order chi connectivity index (χ1) is 22.9. The molecule has 0 saturated carbocycles. The van der Waals surface area contributed by atoms with Crippen LogP contribution in [0.4, 0.5) is 0 Å². The van der Waals surface area contributed by atoms with E-state index in [0.717, 1.165) is 64.0 Å². The molecule has 0 aliphatic rings. The second kappa shape index (κ2) is 14.1. The number of amidine groups is 1. The highest BCUT2D eigenvalue weighted by atomic mass is 28.4. The first-order valence-electron chi connectivity index (χ1n) is 16.8. The van der Waals surface area contributed by atoms with Crippen molar-refractivity contribution in [2.45, 2.75) is 78.5 Å². The van der Waals surface area contributed by atoms with Crippen molar-refractivity contribution in [3.63, 3.8) is 0 Å². The van der Waals surface area contributed by atoms with Crippen LogP contribution >= 0.6 is 0 Å². The summed E-state index contributed by atoms with van der Waals surface area (Å²) in [5.74, 6) is 0.0794. The number of hydrogen-bond donors (Lipinski definition) is 3. The Morgan fingerprint density at radius 2 is 1.56 bits per heavy atom. The number of pyridine rings is 1.